The van der Waals surface area contributed by atoms with Gasteiger partial charge in [-0.2, -0.15) is 0 Å². The van der Waals surface area contributed by atoms with E-state index in [1.807, 2.05) is 0 Å². The molecule has 0 heterocycles. The van der Waals surface area contributed by atoms with Gasteiger partial charge in [0.2, 0.25) is 0 Å². The zero-order chi connectivity index (χ0) is 6.53. The fourth-order valence-corrected chi connectivity index (χ4v) is 0.920. The van der Waals surface area contributed by atoms with E-state index in [0.717, 1.165) is 30.9 Å². The predicted molar refractivity (Wildman–Crippen MR) is 42.0 cm³/mol. The third-order valence-electron chi connectivity index (χ3n) is 1.47. The van der Waals surface area contributed by atoms with E-state index in [2.05, 4.69) is 15.9 Å². The van der Waals surface area contributed by atoms with Crippen LogP contribution in [0.15, 0.2) is 0 Å². The summed E-state index contributed by atoms with van der Waals surface area (Å²) in [6, 6.07) is 0. The van der Waals surface area contributed by atoms with Crippen molar-refractivity contribution in [2.75, 3.05) is 18.5 Å². The molecule has 1 aliphatic carbocycles. The first-order valence-electron chi connectivity index (χ1n) is 3.57. The van der Waals surface area contributed by atoms with Crippen molar-refractivity contribution in [1.82, 2.24) is 0 Å². The van der Waals surface area contributed by atoms with Crippen LogP contribution in [0.3, 0.4) is 0 Å². The molecular formula is C7H13BrO. The Morgan fingerprint density at radius 1 is 1.44 bits per heavy atom. The molecule has 0 saturated heterocycles. The van der Waals surface area contributed by atoms with Gasteiger partial charge in [0.05, 0.1) is 0 Å². The van der Waals surface area contributed by atoms with Gasteiger partial charge in [-0.05, 0) is 25.2 Å². The normalized spacial score (nSPS) is 18.3. The van der Waals surface area contributed by atoms with Gasteiger partial charge in [0.25, 0.3) is 0 Å². The fraction of sp³-hybridized carbons (Fsp3) is 1.00. The van der Waals surface area contributed by atoms with Crippen molar-refractivity contribution >= 4 is 15.9 Å². The van der Waals surface area contributed by atoms with E-state index < -0.39 is 0 Å². The van der Waals surface area contributed by atoms with E-state index in [1.165, 1.54) is 12.8 Å². The third kappa shape index (κ3) is 3.93. The van der Waals surface area contributed by atoms with Crippen LogP contribution in [0, 0.1) is 5.92 Å². The Hall–Kier alpha value is 0.440. The quantitative estimate of drug-likeness (QED) is 0.480. The lowest BCUT2D eigenvalue weighted by Gasteiger charge is -1.98. The van der Waals surface area contributed by atoms with Gasteiger partial charge in [-0.1, -0.05) is 15.9 Å². The zero-order valence-corrected chi connectivity index (χ0v) is 7.19. The number of rotatable bonds is 5. The SMILES string of the molecule is BrCCCOCC1CC1. The minimum atomic E-state index is 0.917. The molecule has 1 nitrogen and oxygen atoms in total. The van der Waals surface area contributed by atoms with Crippen LogP contribution in [0.1, 0.15) is 19.3 Å². The van der Waals surface area contributed by atoms with E-state index in [4.69, 9.17) is 4.74 Å². The van der Waals surface area contributed by atoms with Crippen LogP contribution in [0.2, 0.25) is 0 Å². The molecule has 0 unspecified atom stereocenters. The molecule has 1 aliphatic rings. The van der Waals surface area contributed by atoms with Crippen molar-refractivity contribution < 1.29 is 4.74 Å². The maximum Gasteiger partial charge on any atom is 0.0494 e. The van der Waals surface area contributed by atoms with Crippen LogP contribution in [-0.2, 0) is 4.74 Å². The summed E-state index contributed by atoms with van der Waals surface area (Å²) in [7, 11) is 0. The Morgan fingerprint density at radius 3 is 2.78 bits per heavy atom. The predicted octanol–water partition coefficient (Wildman–Crippen LogP) is 2.20. The first-order valence-corrected chi connectivity index (χ1v) is 4.69. The minimum absolute atomic E-state index is 0.917. The molecule has 0 aliphatic heterocycles. The molecule has 0 radical (unpaired) electrons. The van der Waals surface area contributed by atoms with Crippen LogP contribution in [0.5, 0.6) is 0 Å². The molecule has 0 aromatic rings. The second-order valence-electron chi connectivity index (χ2n) is 2.56. The lowest BCUT2D eigenvalue weighted by atomic mass is 10.4. The van der Waals surface area contributed by atoms with Crippen molar-refractivity contribution in [3.8, 4) is 0 Å². The van der Waals surface area contributed by atoms with Crippen LogP contribution in [-0.4, -0.2) is 18.5 Å². The van der Waals surface area contributed by atoms with Crippen molar-refractivity contribution in [3.05, 3.63) is 0 Å². The summed E-state index contributed by atoms with van der Waals surface area (Å²) in [5, 5.41) is 1.07. The second-order valence-corrected chi connectivity index (χ2v) is 3.35. The molecule has 0 bridgehead atoms. The van der Waals surface area contributed by atoms with Gasteiger partial charge in [0.15, 0.2) is 0 Å². The van der Waals surface area contributed by atoms with Crippen molar-refractivity contribution in [2.24, 2.45) is 5.92 Å². The Labute approximate surface area is 64.9 Å². The van der Waals surface area contributed by atoms with Crippen LogP contribution in [0.25, 0.3) is 0 Å². The summed E-state index contributed by atoms with van der Waals surface area (Å²) < 4.78 is 5.37. The van der Waals surface area contributed by atoms with E-state index in [1.54, 1.807) is 0 Å². The molecular weight excluding hydrogens is 180 g/mol. The molecule has 0 amide bonds. The summed E-state index contributed by atoms with van der Waals surface area (Å²) in [6.07, 6.45) is 3.94. The molecule has 1 fully saturated rings. The van der Waals surface area contributed by atoms with E-state index in [9.17, 15) is 0 Å². The summed E-state index contributed by atoms with van der Waals surface area (Å²) in [6.45, 7) is 1.94. The van der Waals surface area contributed by atoms with Gasteiger partial charge in [-0.25, -0.2) is 0 Å². The molecule has 0 aromatic heterocycles. The van der Waals surface area contributed by atoms with Gasteiger partial charge in [-0.15, -0.1) is 0 Å². The number of halogens is 1. The molecule has 1 rings (SSSR count). The number of hydrogen-bond donors (Lipinski definition) is 0. The average Bonchev–Trinajstić information content (AvgIpc) is 2.63. The first kappa shape index (κ1) is 7.55. The smallest absolute Gasteiger partial charge is 0.0494 e. The van der Waals surface area contributed by atoms with Gasteiger partial charge in [0.1, 0.15) is 0 Å². The average molecular weight is 193 g/mol. The van der Waals surface area contributed by atoms with Crippen LogP contribution >= 0.6 is 15.9 Å². The molecule has 0 aromatic carbocycles. The Bertz CT molecular complexity index is 71.3. The maximum atomic E-state index is 5.37. The molecule has 2 heteroatoms. The zero-order valence-electron chi connectivity index (χ0n) is 5.61. The summed E-state index contributed by atoms with van der Waals surface area (Å²) in [5.74, 6) is 0.917. The van der Waals surface area contributed by atoms with Crippen molar-refractivity contribution in [3.63, 3.8) is 0 Å². The number of ether oxygens (including phenoxy) is 1. The Morgan fingerprint density at radius 2 is 2.22 bits per heavy atom. The molecule has 0 N–H and O–H groups in total. The first-order chi connectivity index (χ1) is 4.43. The van der Waals surface area contributed by atoms with Crippen LogP contribution < -0.4 is 0 Å². The van der Waals surface area contributed by atoms with E-state index in [0.29, 0.717) is 0 Å². The third-order valence-corrected chi connectivity index (χ3v) is 2.03. The van der Waals surface area contributed by atoms with Crippen LogP contribution in [0.4, 0.5) is 0 Å². The highest BCUT2D eigenvalue weighted by Gasteiger charge is 2.20. The van der Waals surface area contributed by atoms with Gasteiger partial charge < -0.3 is 4.74 Å². The second kappa shape index (κ2) is 4.29. The van der Waals surface area contributed by atoms with Crippen molar-refractivity contribution in [2.45, 2.75) is 19.3 Å². The van der Waals surface area contributed by atoms with Gasteiger partial charge in [-0.3, -0.25) is 0 Å². The highest BCUT2D eigenvalue weighted by molar-refractivity contribution is 9.09. The lowest BCUT2D eigenvalue weighted by molar-refractivity contribution is 0.126. The molecule has 54 valence electrons. The molecule has 1 saturated carbocycles. The maximum absolute atomic E-state index is 5.37. The van der Waals surface area contributed by atoms with Gasteiger partial charge in [0, 0.05) is 18.5 Å². The highest BCUT2D eigenvalue weighted by atomic mass is 79.9. The molecule has 0 spiro atoms. The number of hydrogen-bond acceptors (Lipinski definition) is 1. The lowest BCUT2D eigenvalue weighted by Crippen LogP contribution is -1.98. The Balaban J connectivity index is 1.71. The monoisotopic (exact) mass is 192 g/mol. The molecule has 9 heavy (non-hydrogen) atoms. The summed E-state index contributed by atoms with van der Waals surface area (Å²) in [4.78, 5) is 0. The standard InChI is InChI=1S/C7H13BrO/c8-4-1-5-9-6-7-2-3-7/h7H,1-6H2. The highest BCUT2D eigenvalue weighted by Crippen LogP contribution is 2.28. The topological polar surface area (TPSA) is 9.23 Å². The summed E-state index contributed by atoms with van der Waals surface area (Å²) in [5.41, 5.74) is 0. The molecule has 0 atom stereocenters. The van der Waals surface area contributed by atoms with E-state index >= 15 is 0 Å². The Kier molecular flexibility index (Phi) is 3.59. The van der Waals surface area contributed by atoms with Gasteiger partial charge >= 0.3 is 0 Å². The minimum Gasteiger partial charge on any atom is -0.381 e. The van der Waals surface area contributed by atoms with Crippen molar-refractivity contribution in [1.29, 1.82) is 0 Å². The number of alkyl halides is 1. The fourth-order valence-electron chi connectivity index (χ4n) is 0.691. The largest absolute Gasteiger partial charge is 0.381 e. The summed E-state index contributed by atoms with van der Waals surface area (Å²) >= 11 is 3.35. The van der Waals surface area contributed by atoms with E-state index in [-0.39, 0.29) is 0 Å².